The van der Waals surface area contributed by atoms with E-state index in [1.807, 2.05) is 18.2 Å². The molecular weight excluding hydrogens is 463 g/mol. The smallest absolute Gasteiger partial charge is 0.123 e. The van der Waals surface area contributed by atoms with Gasteiger partial charge >= 0.3 is 0 Å². The van der Waals surface area contributed by atoms with Crippen molar-refractivity contribution in [3.05, 3.63) is 80.5 Å². The van der Waals surface area contributed by atoms with Crippen LogP contribution in [0.3, 0.4) is 0 Å². The van der Waals surface area contributed by atoms with Crippen molar-refractivity contribution in [3.63, 3.8) is 0 Å². The molecule has 3 aromatic rings. The lowest BCUT2D eigenvalue weighted by molar-refractivity contribution is 0.625. The molecule has 0 nitrogen and oxygen atoms in total. The molecule has 0 spiro atoms. The monoisotopic (exact) mass is 470 g/mol. The number of alkyl halides is 1. The van der Waals surface area contributed by atoms with Crippen LogP contribution in [0.2, 0.25) is 0 Å². The zero-order valence-electron chi connectivity index (χ0n) is 10.8. The first-order chi connectivity index (χ1) is 10.1. The first-order valence-corrected chi connectivity index (χ1v) is 8.84. The van der Waals surface area contributed by atoms with E-state index in [2.05, 4.69) is 66.0 Å². The molecular formula is C17H10Br3F. The summed E-state index contributed by atoms with van der Waals surface area (Å²) in [5.41, 5.74) is 1.99. The van der Waals surface area contributed by atoms with Gasteiger partial charge in [0.25, 0.3) is 0 Å². The lowest BCUT2D eigenvalue weighted by atomic mass is 9.98. The van der Waals surface area contributed by atoms with Crippen molar-refractivity contribution in [2.45, 2.75) is 4.83 Å². The summed E-state index contributed by atoms with van der Waals surface area (Å²) in [6.07, 6.45) is 0. The van der Waals surface area contributed by atoms with Crippen LogP contribution in [0.1, 0.15) is 16.0 Å². The maximum Gasteiger partial charge on any atom is 0.123 e. The van der Waals surface area contributed by atoms with Crippen LogP contribution in [0, 0.1) is 5.82 Å². The number of rotatable bonds is 2. The summed E-state index contributed by atoms with van der Waals surface area (Å²) >= 11 is 10.8. The van der Waals surface area contributed by atoms with Gasteiger partial charge in [-0.15, -0.1) is 0 Å². The molecule has 0 saturated heterocycles. The molecule has 0 bridgehead atoms. The topological polar surface area (TPSA) is 0 Å². The second-order valence-electron chi connectivity index (χ2n) is 4.71. The van der Waals surface area contributed by atoms with Crippen LogP contribution >= 0.6 is 47.8 Å². The van der Waals surface area contributed by atoms with Crippen molar-refractivity contribution in [1.29, 1.82) is 0 Å². The summed E-state index contributed by atoms with van der Waals surface area (Å²) < 4.78 is 15.5. The van der Waals surface area contributed by atoms with Crippen LogP contribution in [0.15, 0.2) is 63.5 Å². The van der Waals surface area contributed by atoms with Crippen LogP contribution in [-0.2, 0) is 0 Å². The van der Waals surface area contributed by atoms with Gasteiger partial charge in [0, 0.05) is 8.95 Å². The quantitative estimate of drug-likeness (QED) is 0.353. The lowest BCUT2D eigenvalue weighted by Crippen LogP contribution is -1.96. The third-order valence-corrected chi connectivity index (χ3v) is 5.81. The van der Waals surface area contributed by atoms with Gasteiger partial charge in [-0.3, -0.25) is 0 Å². The van der Waals surface area contributed by atoms with Crippen LogP contribution in [0.4, 0.5) is 4.39 Å². The van der Waals surface area contributed by atoms with Crippen LogP contribution in [0.25, 0.3) is 10.8 Å². The largest absolute Gasteiger partial charge is 0.207 e. The van der Waals surface area contributed by atoms with Crippen molar-refractivity contribution < 1.29 is 4.39 Å². The van der Waals surface area contributed by atoms with Gasteiger partial charge in [0.05, 0.1) is 4.83 Å². The summed E-state index contributed by atoms with van der Waals surface area (Å²) in [5.74, 6) is -0.237. The third-order valence-electron chi connectivity index (χ3n) is 3.41. The minimum Gasteiger partial charge on any atom is -0.207 e. The summed E-state index contributed by atoms with van der Waals surface area (Å²) in [7, 11) is 0. The standard InChI is InChI=1S/C17H10Br3F/c18-15-8-6-13(11-3-1-2-4-12(11)15)17(20)14-9-10(21)5-7-16(14)19/h1-9,17H. The van der Waals surface area contributed by atoms with Crippen molar-refractivity contribution >= 4 is 58.6 Å². The molecule has 0 radical (unpaired) electrons. The Balaban J connectivity index is 2.20. The van der Waals surface area contributed by atoms with Gasteiger partial charge in [-0.2, -0.15) is 0 Å². The average Bonchev–Trinajstić information content (AvgIpc) is 2.50. The summed E-state index contributed by atoms with van der Waals surface area (Å²) in [4.78, 5) is -0.0828. The summed E-state index contributed by atoms with van der Waals surface area (Å²) in [5, 5.41) is 2.29. The fraction of sp³-hybridized carbons (Fsp3) is 0.0588. The molecule has 106 valence electrons. The second-order valence-corrected chi connectivity index (χ2v) is 7.33. The Labute approximate surface area is 147 Å². The zero-order chi connectivity index (χ0) is 15.0. The van der Waals surface area contributed by atoms with E-state index in [0.717, 1.165) is 30.8 Å². The molecule has 1 atom stereocenters. The average molecular weight is 473 g/mol. The van der Waals surface area contributed by atoms with Crippen LogP contribution < -0.4 is 0 Å². The maximum atomic E-state index is 13.6. The van der Waals surface area contributed by atoms with Crippen LogP contribution in [-0.4, -0.2) is 0 Å². The van der Waals surface area contributed by atoms with Gasteiger partial charge < -0.3 is 0 Å². The van der Waals surface area contributed by atoms with E-state index in [1.54, 1.807) is 12.1 Å². The highest BCUT2D eigenvalue weighted by atomic mass is 79.9. The SMILES string of the molecule is Fc1ccc(Br)c(C(Br)c2ccc(Br)c3ccccc23)c1. The molecule has 21 heavy (non-hydrogen) atoms. The number of benzene rings is 3. The van der Waals surface area contributed by atoms with Gasteiger partial charge in [0.1, 0.15) is 5.82 Å². The van der Waals surface area contributed by atoms with E-state index in [4.69, 9.17) is 0 Å². The van der Waals surface area contributed by atoms with Crippen molar-refractivity contribution in [1.82, 2.24) is 0 Å². The first kappa shape index (κ1) is 15.2. The fourth-order valence-corrected chi connectivity index (χ4v) is 4.42. The summed E-state index contributed by atoms with van der Waals surface area (Å²) in [6.45, 7) is 0. The minimum atomic E-state index is -0.237. The Kier molecular flexibility index (Phi) is 4.48. The van der Waals surface area contributed by atoms with Gasteiger partial charge in [-0.1, -0.05) is 78.1 Å². The van der Waals surface area contributed by atoms with Gasteiger partial charge in [0.2, 0.25) is 0 Å². The van der Waals surface area contributed by atoms with Gasteiger partial charge in [-0.05, 0) is 46.2 Å². The Bertz CT molecular complexity index is 814. The van der Waals surface area contributed by atoms with Crippen molar-refractivity contribution in [2.24, 2.45) is 0 Å². The number of halogens is 4. The first-order valence-electron chi connectivity index (χ1n) is 6.34. The molecule has 3 aromatic carbocycles. The maximum absolute atomic E-state index is 13.6. The van der Waals surface area contributed by atoms with Gasteiger partial charge in [0.15, 0.2) is 0 Å². The molecule has 0 N–H and O–H groups in total. The van der Waals surface area contributed by atoms with E-state index in [-0.39, 0.29) is 10.6 Å². The second kappa shape index (κ2) is 6.19. The molecule has 4 heteroatoms. The molecule has 1 unspecified atom stereocenters. The minimum absolute atomic E-state index is 0.0828. The van der Waals surface area contributed by atoms with Crippen molar-refractivity contribution in [3.8, 4) is 0 Å². The molecule has 0 aliphatic carbocycles. The van der Waals surface area contributed by atoms with E-state index in [9.17, 15) is 4.39 Å². The zero-order valence-corrected chi connectivity index (χ0v) is 15.5. The molecule has 3 rings (SSSR count). The lowest BCUT2D eigenvalue weighted by Gasteiger charge is -2.16. The Morgan fingerprint density at radius 3 is 2.19 bits per heavy atom. The molecule has 0 aliphatic heterocycles. The van der Waals surface area contributed by atoms with E-state index >= 15 is 0 Å². The number of hydrogen-bond acceptors (Lipinski definition) is 0. The normalized spacial score (nSPS) is 12.6. The van der Waals surface area contributed by atoms with E-state index in [0.29, 0.717) is 0 Å². The molecule has 0 amide bonds. The predicted molar refractivity (Wildman–Crippen MR) is 96.5 cm³/mol. The molecule has 0 saturated carbocycles. The highest BCUT2D eigenvalue weighted by molar-refractivity contribution is 9.11. The molecule has 0 fully saturated rings. The number of fused-ring (bicyclic) bond motifs is 1. The highest BCUT2D eigenvalue weighted by Crippen LogP contribution is 2.40. The number of hydrogen-bond donors (Lipinski definition) is 0. The molecule has 0 aliphatic rings. The van der Waals surface area contributed by atoms with Gasteiger partial charge in [-0.25, -0.2) is 4.39 Å². The Morgan fingerprint density at radius 2 is 1.43 bits per heavy atom. The van der Waals surface area contributed by atoms with E-state index in [1.165, 1.54) is 6.07 Å². The van der Waals surface area contributed by atoms with E-state index < -0.39 is 0 Å². The fourth-order valence-electron chi connectivity index (χ4n) is 2.38. The van der Waals surface area contributed by atoms with Crippen molar-refractivity contribution in [2.75, 3.05) is 0 Å². The highest BCUT2D eigenvalue weighted by Gasteiger charge is 2.17. The Morgan fingerprint density at radius 1 is 0.762 bits per heavy atom. The predicted octanol–water partition coefficient (Wildman–Crippen LogP) is 6.99. The van der Waals surface area contributed by atoms with Crippen LogP contribution in [0.5, 0.6) is 0 Å². The molecule has 0 aromatic heterocycles. The summed E-state index contributed by atoms with van der Waals surface area (Å²) in [6, 6.07) is 17.0. The Hall–Kier alpha value is -0.710. The molecule has 0 heterocycles. The third kappa shape index (κ3) is 2.94.